The smallest absolute Gasteiger partial charge is 0.397 e. The Morgan fingerprint density at radius 2 is 2.05 bits per heavy atom. The lowest BCUT2D eigenvalue weighted by molar-refractivity contribution is -0.194. The number of alkyl halides is 3. The van der Waals surface area contributed by atoms with Crippen LogP contribution < -0.4 is 20.1 Å². The van der Waals surface area contributed by atoms with Crippen LogP contribution in [0, 0.1) is 5.41 Å². The monoisotopic (exact) mass is 566 g/mol. The van der Waals surface area contributed by atoms with Gasteiger partial charge in [0.1, 0.15) is 28.7 Å². The molecule has 3 N–H and O–H groups in total. The average molecular weight is 567 g/mol. The molecule has 1 aliphatic carbocycles. The molecule has 1 aliphatic heterocycles. The van der Waals surface area contributed by atoms with Crippen LogP contribution >= 0.6 is 11.9 Å². The van der Waals surface area contributed by atoms with Crippen molar-refractivity contribution in [1.29, 1.82) is 0 Å². The van der Waals surface area contributed by atoms with E-state index in [-0.39, 0.29) is 24.3 Å². The van der Waals surface area contributed by atoms with Crippen LogP contribution in [0.15, 0.2) is 46.7 Å². The lowest BCUT2D eigenvalue weighted by atomic mass is 10.1. The van der Waals surface area contributed by atoms with Crippen molar-refractivity contribution in [3.8, 4) is 5.88 Å². The molecule has 1 saturated carbocycles. The molecule has 0 amide bonds. The maximum absolute atomic E-state index is 13.3. The zero-order valence-corrected chi connectivity index (χ0v) is 23.6. The van der Waals surface area contributed by atoms with Crippen molar-refractivity contribution in [3.63, 3.8) is 0 Å². The quantitative estimate of drug-likeness (QED) is 0.181. The first kappa shape index (κ1) is 29.1. The number of rotatable bonds is 12. The molecule has 0 radical (unpaired) electrons. The predicted molar refractivity (Wildman–Crippen MR) is 148 cm³/mol. The van der Waals surface area contributed by atoms with E-state index in [1.54, 1.807) is 18.5 Å². The first-order valence-electron chi connectivity index (χ1n) is 13.2. The first-order chi connectivity index (χ1) is 18.6. The normalized spacial score (nSPS) is 18.8. The van der Waals surface area contributed by atoms with Crippen molar-refractivity contribution < 1.29 is 17.9 Å². The van der Waals surface area contributed by atoms with Gasteiger partial charge >= 0.3 is 6.18 Å². The van der Waals surface area contributed by atoms with Gasteiger partial charge in [-0.15, -0.1) is 5.10 Å². The highest BCUT2D eigenvalue weighted by Gasteiger charge is 2.64. The van der Waals surface area contributed by atoms with Crippen LogP contribution in [0.4, 0.5) is 19.0 Å². The fourth-order valence-electron chi connectivity index (χ4n) is 4.19. The number of halogens is 3. The van der Waals surface area contributed by atoms with Crippen LogP contribution in [0.2, 0.25) is 0 Å². The molecule has 9 nitrogen and oxygen atoms in total. The van der Waals surface area contributed by atoms with Crippen molar-refractivity contribution in [1.82, 2.24) is 29.7 Å². The van der Waals surface area contributed by atoms with Crippen LogP contribution in [-0.4, -0.2) is 63.6 Å². The number of hydrogen-bond acceptors (Lipinski definition) is 8. The molecule has 0 unspecified atom stereocenters. The van der Waals surface area contributed by atoms with Gasteiger partial charge in [0.05, 0.1) is 12.9 Å². The summed E-state index contributed by atoms with van der Waals surface area (Å²) < 4.78 is 50.2. The highest BCUT2D eigenvalue weighted by molar-refractivity contribution is 7.97. The maximum atomic E-state index is 13.3. The standard InChI is InChI=1S/C26H37F3N8OS/c1-5-13-31-19-8-7-9-23(33-19)39-32-15-21(34-20(6-2)36-18-30-16-24(36,3)4)37-14-10-22(35-37)38-17-25(11-12-25)26(27,28)29/h7-10,14-15,30,32H,5-6,11-13,16-18H2,1-4H3,(H,31,33)/b21-15+,34-20?. The molecule has 0 atom stereocenters. The van der Waals surface area contributed by atoms with Gasteiger partial charge in [-0.2, -0.15) is 13.2 Å². The molecule has 0 aromatic carbocycles. The van der Waals surface area contributed by atoms with Gasteiger partial charge in [0.2, 0.25) is 5.88 Å². The van der Waals surface area contributed by atoms with Gasteiger partial charge in [-0.05, 0) is 45.2 Å². The van der Waals surface area contributed by atoms with Gasteiger partial charge in [0, 0.05) is 49.3 Å². The van der Waals surface area contributed by atoms with Gasteiger partial charge in [-0.3, -0.25) is 5.32 Å². The second-order valence-electron chi connectivity index (χ2n) is 10.4. The summed E-state index contributed by atoms with van der Waals surface area (Å²) in [6.07, 6.45) is 0.902. The minimum atomic E-state index is -4.28. The van der Waals surface area contributed by atoms with Crippen LogP contribution in [0.3, 0.4) is 0 Å². The molecule has 4 rings (SSSR count). The molecular weight excluding hydrogens is 529 g/mol. The van der Waals surface area contributed by atoms with Crippen molar-refractivity contribution in [3.05, 3.63) is 36.7 Å². The van der Waals surface area contributed by atoms with Crippen molar-refractivity contribution >= 4 is 29.4 Å². The number of nitrogens with zero attached hydrogens (tertiary/aromatic N) is 5. The van der Waals surface area contributed by atoms with Gasteiger partial charge in [-0.25, -0.2) is 14.7 Å². The number of amidine groups is 1. The summed E-state index contributed by atoms with van der Waals surface area (Å²) in [5.41, 5.74) is -1.88. The SMILES string of the molecule is CCCNc1cccc(SN/C=C(\N=C(CC)N2CNCC2(C)C)n2ccc(OCC3(C(F)(F)F)CC3)n2)n1. The molecule has 2 aromatic rings. The lowest BCUT2D eigenvalue weighted by Gasteiger charge is -2.33. The third-order valence-corrected chi connectivity index (χ3v) is 7.48. The summed E-state index contributed by atoms with van der Waals surface area (Å²) in [5, 5.41) is 11.8. The summed E-state index contributed by atoms with van der Waals surface area (Å²) in [4.78, 5) is 11.7. The molecule has 39 heavy (non-hydrogen) atoms. The van der Waals surface area contributed by atoms with Gasteiger partial charge in [-0.1, -0.05) is 19.9 Å². The maximum Gasteiger partial charge on any atom is 0.397 e. The van der Waals surface area contributed by atoms with E-state index < -0.39 is 18.2 Å². The Balaban J connectivity index is 1.54. The molecule has 0 spiro atoms. The summed E-state index contributed by atoms with van der Waals surface area (Å²) in [7, 11) is 0. The van der Waals surface area contributed by atoms with E-state index >= 15 is 0 Å². The summed E-state index contributed by atoms with van der Waals surface area (Å²) in [6, 6.07) is 7.30. The summed E-state index contributed by atoms with van der Waals surface area (Å²) >= 11 is 1.32. The Hall–Kier alpha value is -2.93. The molecular formula is C26H37F3N8OS. The van der Waals surface area contributed by atoms with Crippen LogP contribution in [0.5, 0.6) is 5.88 Å². The number of nitrogens with one attached hydrogen (secondary N) is 3. The largest absolute Gasteiger partial charge is 0.476 e. The average Bonchev–Trinajstić information content (AvgIpc) is 3.43. The molecule has 214 valence electrons. The number of anilines is 1. The summed E-state index contributed by atoms with van der Waals surface area (Å²) in [5.74, 6) is 2.24. The van der Waals surface area contributed by atoms with E-state index in [1.807, 2.05) is 25.1 Å². The lowest BCUT2D eigenvalue weighted by Crippen LogP contribution is -2.44. The highest BCUT2D eigenvalue weighted by Crippen LogP contribution is 2.57. The fourth-order valence-corrected chi connectivity index (χ4v) is 4.76. The van der Waals surface area contributed by atoms with E-state index in [2.05, 4.69) is 51.1 Å². The Morgan fingerprint density at radius 1 is 1.26 bits per heavy atom. The number of aromatic nitrogens is 3. The number of aliphatic imine (C=N–C) groups is 1. The Kier molecular flexibility index (Phi) is 9.00. The van der Waals surface area contributed by atoms with Crippen LogP contribution in [0.25, 0.3) is 5.82 Å². The first-order valence-corrected chi connectivity index (χ1v) is 14.0. The van der Waals surface area contributed by atoms with Gasteiger partial charge < -0.3 is 19.7 Å². The van der Waals surface area contributed by atoms with E-state index in [0.29, 0.717) is 18.9 Å². The van der Waals surface area contributed by atoms with Crippen molar-refractivity contribution in [2.75, 3.05) is 31.7 Å². The molecule has 3 heterocycles. The Bertz CT molecular complexity index is 1180. The molecule has 0 bridgehead atoms. The number of ether oxygens (including phenoxy) is 1. The highest BCUT2D eigenvalue weighted by atomic mass is 32.2. The predicted octanol–water partition coefficient (Wildman–Crippen LogP) is 5.32. The Labute approximate surface area is 231 Å². The minimum Gasteiger partial charge on any atom is -0.476 e. The number of pyridine rings is 1. The van der Waals surface area contributed by atoms with E-state index in [9.17, 15) is 13.2 Å². The third kappa shape index (κ3) is 7.18. The molecule has 2 aromatic heterocycles. The second kappa shape index (κ2) is 12.1. The second-order valence-corrected chi connectivity index (χ2v) is 11.2. The van der Waals surface area contributed by atoms with Crippen LogP contribution in [0.1, 0.15) is 53.4 Å². The molecule has 13 heteroatoms. The van der Waals surface area contributed by atoms with Gasteiger partial charge in [0.25, 0.3) is 0 Å². The zero-order valence-electron chi connectivity index (χ0n) is 22.8. The molecule has 1 saturated heterocycles. The van der Waals surface area contributed by atoms with Crippen molar-refractivity contribution in [2.45, 2.75) is 70.1 Å². The molecule has 2 aliphatic rings. The van der Waals surface area contributed by atoms with Crippen LogP contribution in [-0.2, 0) is 0 Å². The molecule has 2 fully saturated rings. The zero-order chi connectivity index (χ0) is 28.1. The summed E-state index contributed by atoms with van der Waals surface area (Å²) in [6.45, 7) is 10.3. The Morgan fingerprint density at radius 3 is 2.69 bits per heavy atom. The third-order valence-electron chi connectivity index (χ3n) is 6.81. The van der Waals surface area contributed by atoms with E-state index in [0.717, 1.165) is 36.2 Å². The fraction of sp³-hybridized carbons (Fsp3) is 0.577. The van der Waals surface area contributed by atoms with E-state index in [1.165, 1.54) is 16.6 Å². The minimum absolute atomic E-state index is 0.0799. The van der Waals surface area contributed by atoms with Gasteiger partial charge in [0.15, 0.2) is 5.82 Å². The van der Waals surface area contributed by atoms with Crippen molar-refractivity contribution in [2.24, 2.45) is 10.4 Å². The van der Waals surface area contributed by atoms with E-state index in [4.69, 9.17) is 9.73 Å². The number of hydrogen-bond donors (Lipinski definition) is 3. The topological polar surface area (TPSA) is 91.6 Å².